The second kappa shape index (κ2) is 6.12. The van der Waals surface area contributed by atoms with Crippen molar-refractivity contribution in [3.63, 3.8) is 0 Å². The molecule has 3 heteroatoms. The third-order valence-electron chi connectivity index (χ3n) is 2.77. The molecule has 0 bridgehead atoms. The zero-order valence-electron chi connectivity index (χ0n) is 10.2. The van der Waals surface area contributed by atoms with Crippen LogP contribution < -0.4 is 5.32 Å². The van der Waals surface area contributed by atoms with Gasteiger partial charge in [0.1, 0.15) is 5.82 Å². The van der Waals surface area contributed by atoms with Gasteiger partial charge >= 0.3 is 0 Å². The quantitative estimate of drug-likeness (QED) is 0.893. The van der Waals surface area contributed by atoms with Crippen molar-refractivity contribution >= 4 is 15.9 Å². The van der Waals surface area contributed by atoms with Gasteiger partial charge in [-0.2, -0.15) is 0 Å². The van der Waals surface area contributed by atoms with Gasteiger partial charge in [0.05, 0.1) is 0 Å². The van der Waals surface area contributed by atoms with Crippen molar-refractivity contribution in [3.05, 3.63) is 69.4 Å². The number of halogens is 2. The van der Waals surface area contributed by atoms with E-state index in [2.05, 4.69) is 46.4 Å². The molecule has 94 valence electrons. The average molecular weight is 308 g/mol. The fourth-order valence-corrected chi connectivity index (χ4v) is 2.06. The number of aryl methyl sites for hydroxylation is 1. The Balaban J connectivity index is 1.90. The van der Waals surface area contributed by atoms with Crippen LogP contribution in [-0.4, -0.2) is 0 Å². The van der Waals surface area contributed by atoms with Crippen molar-refractivity contribution in [1.29, 1.82) is 0 Å². The van der Waals surface area contributed by atoms with E-state index in [-0.39, 0.29) is 5.82 Å². The van der Waals surface area contributed by atoms with Gasteiger partial charge in [-0.05, 0) is 41.8 Å². The molecule has 0 aliphatic rings. The monoisotopic (exact) mass is 307 g/mol. The van der Waals surface area contributed by atoms with Crippen LogP contribution in [0.2, 0.25) is 0 Å². The van der Waals surface area contributed by atoms with Crippen LogP contribution >= 0.6 is 15.9 Å². The molecule has 0 heterocycles. The molecule has 18 heavy (non-hydrogen) atoms. The molecule has 0 aliphatic carbocycles. The van der Waals surface area contributed by atoms with E-state index in [0.717, 1.165) is 16.6 Å². The Morgan fingerprint density at radius 1 is 1.06 bits per heavy atom. The van der Waals surface area contributed by atoms with Gasteiger partial charge in [0, 0.05) is 17.6 Å². The summed E-state index contributed by atoms with van der Waals surface area (Å²) in [5.74, 6) is -0.186. The second-order valence-corrected chi connectivity index (χ2v) is 5.17. The Morgan fingerprint density at radius 2 is 1.78 bits per heavy atom. The summed E-state index contributed by atoms with van der Waals surface area (Å²) in [7, 11) is 0. The first-order valence-electron chi connectivity index (χ1n) is 5.85. The van der Waals surface area contributed by atoms with E-state index in [1.54, 1.807) is 12.1 Å². The van der Waals surface area contributed by atoms with Crippen molar-refractivity contribution in [2.45, 2.75) is 20.0 Å². The molecule has 0 aliphatic heterocycles. The molecule has 0 atom stereocenters. The van der Waals surface area contributed by atoms with Gasteiger partial charge < -0.3 is 5.32 Å². The summed E-state index contributed by atoms with van der Waals surface area (Å²) in [6.07, 6.45) is 0. The fourth-order valence-electron chi connectivity index (χ4n) is 1.81. The van der Waals surface area contributed by atoms with Gasteiger partial charge in [-0.15, -0.1) is 0 Å². The number of hydrogen-bond acceptors (Lipinski definition) is 1. The summed E-state index contributed by atoms with van der Waals surface area (Å²) in [4.78, 5) is 0. The van der Waals surface area contributed by atoms with Crippen LogP contribution in [0.3, 0.4) is 0 Å². The lowest BCUT2D eigenvalue weighted by Gasteiger charge is -2.07. The summed E-state index contributed by atoms with van der Waals surface area (Å²) in [6, 6.07) is 12.9. The number of benzene rings is 2. The van der Waals surface area contributed by atoms with Gasteiger partial charge in [-0.25, -0.2) is 4.39 Å². The SMILES string of the molecule is Cc1cc(CNCc2cccc(F)c2)ccc1Br. The van der Waals surface area contributed by atoms with E-state index in [1.165, 1.54) is 17.2 Å². The maximum atomic E-state index is 13.0. The summed E-state index contributed by atoms with van der Waals surface area (Å²) < 4.78 is 14.1. The molecule has 2 rings (SSSR count). The summed E-state index contributed by atoms with van der Waals surface area (Å²) in [5, 5.41) is 3.31. The predicted molar refractivity (Wildman–Crippen MR) is 75.8 cm³/mol. The maximum absolute atomic E-state index is 13.0. The number of hydrogen-bond donors (Lipinski definition) is 1. The first-order valence-corrected chi connectivity index (χ1v) is 6.64. The van der Waals surface area contributed by atoms with Gasteiger partial charge in [0.25, 0.3) is 0 Å². The van der Waals surface area contributed by atoms with E-state index in [9.17, 15) is 4.39 Å². The predicted octanol–water partition coefficient (Wildman–Crippen LogP) is 4.19. The van der Waals surface area contributed by atoms with Gasteiger partial charge in [0.15, 0.2) is 0 Å². The highest BCUT2D eigenvalue weighted by molar-refractivity contribution is 9.10. The largest absolute Gasteiger partial charge is 0.309 e. The van der Waals surface area contributed by atoms with E-state index >= 15 is 0 Å². The zero-order valence-corrected chi connectivity index (χ0v) is 11.8. The molecule has 0 saturated carbocycles. The lowest BCUT2D eigenvalue weighted by atomic mass is 10.1. The molecule has 1 N–H and O–H groups in total. The molecule has 0 amide bonds. The van der Waals surface area contributed by atoms with E-state index < -0.39 is 0 Å². The highest BCUT2D eigenvalue weighted by Gasteiger charge is 1.98. The third kappa shape index (κ3) is 3.65. The van der Waals surface area contributed by atoms with E-state index in [1.807, 2.05) is 6.07 Å². The Kier molecular flexibility index (Phi) is 4.50. The van der Waals surface area contributed by atoms with Crippen molar-refractivity contribution in [2.75, 3.05) is 0 Å². The molecule has 2 aromatic rings. The fraction of sp³-hybridized carbons (Fsp3) is 0.200. The Bertz CT molecular complexity index is 540. The van der Waals surface area contributed by atoms with Crippen LogP contribution in [-0.2, 0) is 13.1 Å². The first kappa shape index (κ1) is 13.2. The van der Waals surface area contributed by atoms with Crippen LogP contribution in [0.25, 0.3) is 0 Å². The summed E-state index contributed by atoms with van der Waals surface area (Å²) >= 11 is 3.48. The average Bonchev–Trinajstić information content (AvgIpc) is 2.34. The van der Waals surface area contributed by atoms with E-state index in [0.29, 0.717) is 6.54 Å². The summed E-state index contributed by atoms with van der Waals surface area (Å²) in [5.41, 5.74) is 3.41. The van der Waals surface area contributed by atoms with Gasteiger partial charge in [-0.1, -0.05) is 40.2 Å². The highest BCUT2D eigenvalue weighted by atomic mass is 79.9. The molecule has 0 spiro atoms. The number of rotatable bonds is 4. The molecule has 0 unspecified atom stereocenters. The minimum atomic E-state index is -0.186. The van der Waals surface area contributed by atoms with Crippen molar-refractivity contribution in [1.82, 2.24) is 5.32 Å². The molecule has 1 nitrogen and oxygen atoms in total. The second-order valence-electron chi connectivity index (χ2n) is 4.32. The van der Waals surface area contributed by atoms with Gasteiger partial charge in [-0.3, -0.25) is 0 Å². The Hall–Kier alpha value is -1.19. The topological polar surface area (TPSA) is 12.0 Å². The Morgan fingerprint density at radius 3 is 2.44 bits per heavy atom. The molecule has 2 aromatic carbocycles. The summed E-state index contributed by atoms with van der Waals surface area (Å²) in [6.45, 7) is 3.53. The van der Waals surface area contributed by atoms with Gasteiger partial charge in [0.2, 0.25) is 0 Å². The smallest absolute Gasteiger partial charge is 0.123 e. The normalized spacial score (nSPS) is 10.6. The van der Waals surface area contributed by atoms with Crippen LogP contribution in [0, 0.1) is 12.7 Å². The first-order chi connectivity index (χ1) is 8.65. The lowest BCUT2D eigenvalue weighted by Crippen LogP contribution is -2.12. The minimum Gasteiger partial charge on any atom is -0.309 e. The molecule has 0 fully saturated rings. The molecule has 0 saturated heterocycles. The van der Waals surface area contributed by atoms with Crippen molar-refractivity contribution in [3.8, 4) is 0 Å². The minimum absolute atomic E-state index is 0.186. The lowest BCUT2D eigenvalue weighted by molar-refractivity contribution is 0.620. The van der Waals surface area contributed by atoms with Crippen LogP contribution in [0.4, 0.5) is 4.39 Å². The zero-order chi connectivity index (χ0) is 13.0. The molecule has 0 radical (unpaired) electrons. The highest BCUT2D eigenvalue weighted by Crippen LogP contribution is 2.17. The van der Waals surface area contributed by atoms with Crippen LogP contribution in [0.5, 0.6) is 0 Å². The number of nitrogens with one attached hydrogen (secondary N) is 1. The van der Waals surface area contributed by atoms with Crippen molar-refractivity contribution < 1.29 is 4.39 Å². The molecular formula is C15H15BrFN. The third-order valence-corrected chi connectivity index (χ3v) is 3.66. The standard InChI is InChI=1S/C15H15BrFN/c1-11-7-13(5-6-15(11)16)10-18-9-12-3-2-4-14(17)8-12/h2-8,18H,9-10H2,1H3. The molecule has 0 aromatic heterocycles. The van der Waals surface area contributed by atoms with Crippen LogP contribution in [0.1, 0.15) is 16.7 Å². The van der Waals surface area contributed by atoms with Crippen LogP contribution in [0.15, 0.2) is 46.9 Å². The maximum Gasteiger partial charge on any atom is 0.123 e. The Labute approximate surface area is 115 Å². The van der Waals surface area contributed by atoms with Crippen molar-refractivity contribution in [2.24, 2.45) is 0 Å². The molecular weight excluding hydrogens is 293 g/mol. The van der Waals surface area contributed by atoms with E-state index in [4.69, 9.17) is 0 Å².